The first-order chi connectivity index (χ1) is 13.9. The van der Waals surface area contributed by atoms with Crippen LogP contribution < -0.4 is 9.64 Å². The number of thioether (sulfide) groups is 1. The van der Waals surface area contributed by atoms with Crippen molar-refractivity contribution in [2.24, 2.45) is 0 Å². The molecule has 1 amide bonds. The minimum Gasteiger partial charge on any atom is -0.481 e. The molecule has 1 aliphatic rings. The van der Waals surface area contributed by atoms with Crippen LogP contribution in [0, 0.1) is 0 Å². The van der Waals surface area contributed by atoms with Gasteiger partial charge in [-0.3, -0.25) is 9.69 Å². The average molecular weight is 513 g/mol. The van der Waals surface area contributed by atoms with E-state index in [0.717, 1.165) is 4.47 Å². The fourth-order valence-electron chi connectivity index (χ4n) is 2.52. The molecule has 150 valence electrons. The molecule has 2 aromatic carbocycles. The fraction of sp³-hybridized carbons (Fsp3) is 0.150. The summed E-state index contributed by atoms with van der Waals surface area (Å²) in [6.07, 6.45) is 1.69. The largest absolute Gasteiger partial charge is 0.481 e. The number of carbonyl (C=O) groups excluding carboxylic acids is 2. The van der Waals surface area contributed by atoms with Gasteiger partial charge in [0.05, 0.1) is 17.2 Å². The monoisotopic (exact) mass is 511 g/mol. The zero-order valence-electron chi connectivity index (χ0n) is 15.2. The number of amides is 1. The van der Waals surface area contributed by atoms with Crippen molar-refractivity contribution in [3.05, 3.63) is 62.4 Å². The molecule has 29 heavy (non-hydrogen) atoms. The first-order valence-electron chi connectivity index (χ1n) is 8.50. The third kappa shape index (κ3) is 5.39. The molecule has 0 atom stereocenters. The first kappa shape index (κ1) is 21.8. The average Bonchev–Trinajstić information content (AvgIpc) is 2.95. The predicted molar refractivity (Wildman–Crippen MR) is 123 cm³/mol. The molecule has 1 fully saturated rings. The highest BCUT2D eigenvalue weighted by Gasteiger charge is 2.33. The highest BCUT2D eigenvalue weighted by molar-refractivity contribution is 9.10. The summed E-state index contributed by atoms with van der Waals surface area (Å²) in [7, 11) is 0. The maximum absolute atomic E-state index is 12.9. The molecular weight excluding hydrogens is 498 g/mol. The van der Waals surface area contributed by atoms with Crippen molar-refractivity contribution in [2.75, 3.05) is 18.1 Å². The standard InChI is InChI=1S/C20H15BrClNO4S2/c1-2-26-18(24)11-27-16-8-3-13(21)9-12(16)10-17-19(25)23(20(28)29-17)15-6-4-14(22)5-7-15/h3-10H,2,11H2,1H3/b17-10-. The van der Waals surface area contributed by atoms with Gasteiger partial charge in [-0.1, -0.05) is 51.5 Å². The molecule has 1 aliphatic heterocycles. The van der Waals surface area contributed by atoms with Crippen LogP contribution in [-0.2, 0) is 14.3 Å². The molecule has 5 nitrogen and oxygen atoms in total. The number of hydrogen-bond acceptors (Lipinski definition) is 6. The lowest BCUT2D eigenvalue weighted by Crippen LogP contribution is -2.27. The van der Waals surface area contributed by atoms with Crippen molar-refractivity contribution in [3.63, 3.8) is 0 Å². The number of nitrogens with zero attached hydrogens (tertiary/aromatic N) is 1. The van der Waals surface area contributed by atoms with Crippen LogP contribution in [0.1, 0.15) is 12.5 Å². The van der Waals surface area contributed by atoms with Crippen LogP contribution in [0.3, 0.4) is 0 Å². The van der Waals surface area contributed by atoms with Gasteiger partial charge in [0.1, 0.15) is 5.75 Å². The van der Waals surface area contributed by atoms with E-state index in [1.165, 1.54) is 16.7 Å². The van der Waals surface area contributed by atoms with Crippen molar-refractivity contribution in [1.82, 2.24) is 0 Å². The molecule has 0 aliphatic carbocycles. The van der Waals surface area contributed by atoms with E-state index in [9.17, 15) is 9.59 Å². The van der Waals surface area contributed by atoms with Crippen molar-refractivity contribution in [3.8, 4) is 5.75 Å². The Morgan fingerprint density at radius 3 is 2.69 bits per heavy atom. The van der Waals surface area contributed by atoms with Crippen LogP contribution >= 0.6 is 51.5 Å². The zero-order chi connectivity index (χ0) is 21.0. The van der Waals surface area contributed by atoms with Gasteiger partial charge in [-0.25, -0.2) is 4.79 Å². The lowest BCUT2D eigenvalue weighted by molar-refractivity contribution is -0.145. The molecule has 0 unspecified atom stereocenters. The van der Waals surface area contributed by atoms with Gasteiger partial charge in [0.15, 0.2) is 10.9 Å². The summed E-state index contributed by atoms with van der Waals surface area (Å²) >= 11 is 15.9. The van der Waals surface area contributed by atoms with Gasteiger partial charge >= 0.3 is 5.97 Å². The van der Waals surface area contributed by atoms with Crippen LogP contribution in [0.4, 0.5) is 5.69 Å². The van der Waals surface area contributed by atoms with Crippen molar-refractivity contribution in [2.45, 2.75) is 6.92 Å². The Labute approximate surface area is 191 Å². The van der Waals surface area contributed by atoms with E-state index in [-0.39, 0.29) is 19.1 Å². The quantitative estimate of drug-likeness (QED) is 0.291. The van der Waals surface area contributed by atoms with Gasteiger partial charge in [-0.05, 0) is 55.5 Å². The second-order valence-electron chi connectivity index (χ2n) is 5.77. The number of halogens is 2. The molecule has 0 N–H and O–H groups in total. The molecule has 9 heteroatoms. The van der Waals surface area contributed by atoms with E-state index in [0.29, 0.717) is 31.2 Å². The number of ether oxygens (including phenoxy) is 2. The third-order valence-electron chi connectivity index (χ3n) is 3.79. The Kier molecular flexibility index (Phi) is 7.34. The lowest BCUT2D eigenvalue weighted by Gasteiger charge is -2.14. The van der Waals surface area contributed by atoms with E-state index >= 15 is 0 Å². The summed E-state index contributed by atoms with van der Waals surface area (Å²) in [5.74, 6) is -0.243. The third-order valence-corrected chi connectivity index (χ3v) is 5.84. The molecule has 0 aromatic heterocycles. The van der Waals surface area contributed by atoms with E-state index in [2.05, 4.69) is 15.9 Å². The molecule has 2 aromatic rings. The van der Waals surface area contributed by atoms with Gasteiger partial charge < -0.3 is 9.47 Å². The van der Waals surface area contributed by atoms with Crippen molar-refractivity contribution in [1.29, 1.82) is 0 Å². The molecule has 1 saturated heterocycles. The second kappa shape index (κ2) is 9.75. The number of anilines is 1. The Morgan fingerprint density at radius 1 is 1.28 bits per heavy atom. The maximum Gasteiger partial charge on any atom is 0.344 e. The van der Waals surface area contributed by atoms with Crippen LogP contribution in [-0.4, -0.2) is 29.4 Å². The Balaban J connectivity index is 1.87. The molecule has 0 saturated carbocycles. The molecule has 1 heterocycles. The lowest BCUT2D eigenvalue weighted by atomic mass is 10.2. The van der Waals surface area contributed by atoms with Crippen LogP contribution in [0.25, 0.3) is 6.08 Å². The van der Waals surface area contributed by atoms with Gasteiger partial charge in [0.25, 0.3) is 5.91 Å². The summed E-state index contributed by atoms with van der Waals surface area (Å²) < 4.78 is 11.7. The van der Waals surface area contributed by atoms with E-state index < -0.39 is 5.97 Å². The van der Waals surface area contributed by atoms with Crippen LogP contribution in [0.5, 0.6) is 5.75 Å². The highest BCUT2D eigenvalue weighted by atomic mass is 79.9. The fourth-order valence-corrected chi connectivity index (χ4v) is 4.32. The van der Waals surface area contributed by atoms with Crippen molar-refractivity contribution < 1.29 is 19.1 Å². The second-order valence-corrected chi connectivity index (χ2v) is 8.80. The molecule has 0 bridgehead atoms. The Morgan fingerprint density at radius 2 is 2.00 bits per heavy atom. The molecule has 3 rings (SSSR count). The highest BCUT2D eigenvalue weighted by Crippen LogP contribution is 2.37. The Bertz CT molecular complexity index is 994. The number of esters is 1. The SMILES string of the molecule is CCOC(=O)COc1ccc(Br)cc1/C=C1\SC(=S)N(c2ccc(Cl)cc2)C1=O. The Hall–Kier alpha value is -1.87. The summed E-state index contributed by atoms with van der Waals surface area (Å²) in [5, 5.41) is 0.576. The minimum absolute atomic E-state index is 0.220. The molecular formula is C20H15BrClNO4S2. The van der Waals surface area contributed by atoms with Crippen molar-refractivity contribution >= 4 is 79.5 Å². The van der Waals surface area contributed by atoms with E-state index in [1.807, 2.05) is 0 Å². The molecule has 0 spiro atoms. The summed E-state index contributed by atoms with van der Waals surface area (Å²) in [5.41, 5.74) is 1.29. The summed E-state index contributed by atoms with van der Waals surface area (Å²) in [6, 6.07) is 12.2. The van der Waals surface area contributed by atoms with Crippen LogP contribution in [0.2, 0.25) is 5.02 Å². The number of rotatable bonds is 6. The first-order valence-corrected chi connectivity index (χ1v) is 10.9. The van der Waals surface area contributed by atoms with E-state index in [4.69, 9.17) is 33.3 Å². The maximum atomic E-state index is 12.9. The van der Waals surface area contributed by atoms with Gasteiger partial charge in [0, 0.05) is 15.1 Å². The number of hydrogen-bond donors (Lipinski definition) is 0. The molecule has 0 radical (unpaired) electrons. The topological polar surface area (TPSA) is 55.8 Å². The number of carbonyl (C=O) groups is 2. The smallest absolute Gasteiger partial charge is 0.344 e. The van der Waals surface area contributed by atoms with Gasteiger partial charge in [0.2, 0.25) is 0 Å². The zero-order valence-corrected chi connectivity index (χ0v) is 19.2. The normalized spacial score (nSPS) is 15.1. The van der Waals surface area contributed by atoms with Gasteiger partial charge in [-0.2, -0.15) is 0 Å². The number of benzene rings is 2. The summed E-state index contributed by atoms with van der Waals surface area (Å²) in [6.45, 7) is 1.79. The van der Waals surface area contributed by atoms with Gasteiger partial charge in [-0.15, -0.1) is 0 Å². The number of thiocarbonyl (C=S) groups is 1. The van der Waals surface area contributed by atoms with Crippen LogP contribution in [0.15, 0.2) is 51.8 Å². The minimum atomic E-state index is -0.463. The summed E-state index contributed by atoms with van der Waals surface area (Å²) in [4.78, 5) is 26.4. The van der Waals surface area contributed by atoms with E-state index in [1.54, 1.807) is 55.5 Å². The predicted octanol–water partition coefficient (Wildman–Crippen LogP) is 5.45.